The molecule has 0 aliphatic heterocycles. The summed E-state index contributed by atoms with van der Waals surface area (Å²) in [6.45, 7) is 9.04. The predicted molar refractivity (Wildman–Crippen MR) is 103 cm³/mol. The zero-order valence-corrected chi connectivity index (χ0v) is 16.9. The fourth-order valence-electron chi connectivity index (χ4n) is 2.83. The Hall–Kier alpha value is -2.21. The number of nitrogens with zero attached hydrogens (tertiary/aromatic N) is 2. The summed E-state index contributed by atoms with van der Waals surface area (Å²) in [4.78, 5) is 12.6. The van der Waals surface area contributed by atoms with Crippen molar-refractivity contribution < 1.29 is 14.3 Å². The van der Waals surface area contributed by atoms with Crippen molar-refractivity contribution in [2.75, 3.05) is 19.5 Å². The quantitative estimate of drug-likeness (QED) is 0.789. The van der Waals surface area contributed by atoms with Gasteiger partial charge in [0.25, 0.3) is 0 Å². The Morgan fingerprint density at radius 1 is 1.23 bits per heavy atom. The molecule has 0 fully saturated rings. The number of ether oxygens (including phenoxy) is 2. The number of hydrogen-bond acceptors (Lipinski definition) is 4. The fourth-order valence-corrected chi connectivity index (χ4v) is 3.07. The third kappa shape index (κ3) is 4.49. The van der Waals surface area contributed by atoms with Crippen LogP contribution in [0.4, 0.5) is 5.69 Å². The van der Waals surface area contributed by atoms with E-state index in [0.29, 0.717) is 28.1 Å². The molecule has 0 radical (unpaired) electrons. The lowest BCUT2D eigenvalue weighted by molar-refractivity contribution is -0.115. The number of hydrogen-bond donors (Lipinski definition) is 1. The number of aryl methyl sites for hydroxylation is 1. The summed E-state index contributed by atoms with van der Waals surface area (Å²) in [5.41, 5.74) is 3.35. The molecule has 26 heavy (non-hydrogen) atoms. The van der Waals surface area contributed by atoms with Crippen LogP contribution in [0.3, 0.4) is 0 Å². The third-order valence-electron chi connectivity index (χ3n) is 4.15. The molecule has 0 atom stereocenters. The monoisotopic (exact) mass is 379 g/mol. The van der Waals surface area contributed by atoms with Gasteiger partial charge in [-0.25, -0.2) is 0 Å². The van der Waals surface area contributed by atoms with Crippen LogP contribution in [-0.4, -0.2) is 29.9 Å². The van der Waals surface area contributed by atoms with E-state index in [2.05, 4.69) is 24.3 Å². The van der Waals surface area contributed by atoms with Crippen LogP contribution < -0.4 is 14.8 Å². The molecule has 7 heteroatoms. The molecule has 0 aliphatic rings. The Morgan fingerprint density at radius 2 is 1.88 bits per heavy atom. The Morgan fingerprint density at radius 3 is 2.46 bits per heavy atom. The first kappa shape index (κ1) is 20.1. The lowest BCUT2D eigenvalue weighted by atomic mass is 10.1. The molecule has 1 aromatic carbocycles. The highest BCUT2D eigenvalue weighted by atomic mass is 35.5. The predicted octanol–water partition coefficient (Wildman–Crippen LogP) is 4.01. The molecule has 6 nitrogen and oxygen atoms in total. The number of nitrogens with one attached hydrogen (secondary N) is 1. The Bertz CT molecular complexity index is 800. The largest absolute Gasteiger partial charge is 0.495 e. The van der Waals surface area contributed by atoms with Crippen LogP contribution in [0.2, 0.25) is 5.02 Å². The first-order valence-electron chi connectivity index (χ1n) is 8.51. The van der Waals surface area contributed by atoms with Gasteiger partial charge in [-0.2, -0.15) is 5.10 Å². The summed E-state index contributed by atoms with van der Waals surface area (Å²) in [7, 11) is 3.06. The molecule has 2 aromatic rings. The summed E-state index contributed by atoms with van der Waals surface area (Å²) < 4.78 is 12.5. The molecule has 0 saturated heterocycles. The van der Waals surface area contributed by atoms with Gasteiger partial charge >= 0.3 is 0 Å². The third-order valence-corrected chi connectivity index (χ3v) is 4.45. The van der Waals surface area contributed by atoms with Crippen molar-refractivity contribution in [2.24, 2.45) is 5.92 Å². The van der Waals surface area contributed by atoms with Crippen molar-refractivity contribution in [3.05, 3.63) is 34.1 Å². The van der Waals surface area contributed by atoms with E-state index in [1.165, 1.54) is 14.2 Å². The van der Waals surface area contributed by atoms with Gasteiger partial charge in [0.1, 0.15) is 11.5 Å². The van der Waals surface area contributed by atoms with E-state index in [-0.39, 0.29) is 12.3 Å². The maximum absolute atomic E-state index is 12.6. The van der Waals surface area contributed by atoms with Crippen LogP contribution in [-0.2, 0) is 17.8 Å². The number of halogens is 1. The zero-order valence-electron chi connectivity index (χ0n) is 16.1. The van der Waals surface area contributed by atoms with Crippen LogP contribution >= 0.6 is 11.6 Å². The van der Waals surface area contributed by atoms with Gasteiger partial charge in [0.15, 0.2) is 0 Å². The maximum Gasteiger partial charge on any atom is 0.229 e. The number of benzene rings is 1. The minimum absolute atomic E-state index is 0.153. The van der Waals surface area contributed by atoms with Gasteiger partial charge in [0.05, 0.1) is 37.0 Å². The normalized spacial score (nSPS) is 10.9. The summed E-state index contributed by atoms with van der Waals surface area (Å²) >= 11 is 6.16. The van der Waals surface area contributed by atoms with Crippen LogP contribution in [0.1, 0.15) is 30.8 Å². The minimum atomic E-state index is -0.153. The minimum Gasteiger partial charge on any atom is -0.495 e. The zero-order chi connectivity index (χ0) is 19.4. The summed E-state index contributed by atoms with van der Waals surface area (Å²) in [6, 6.07) is 3.27. The highest BCUT2D eigenvalue weighted by Crippen LogP contribution is 2.36. The number of carbonyl (C=O) groups excluding carboxylic acids is 1. The summed E-state index contributed by atoms with van der Waals surface area (Å²) in [5.74, 6) is 1.31. The number of amides is 1. The highest BCUT2D eigenvalue weighted by Gasteiger charge is 2.17. The summed E-state index contributed by atoms with van der Waals surface area (Å²) in [6.07, 6.45) is 0.239. The molecule has 1 N–H and O–H groups in total. The second kappa shape index (κ2) is 8.45. The number of rotatable bonds is 7. The van der Waals surface area contributed by atoms with Crippen LogP contribution in [0, 0.1) is 19.8 Å². The van der Waals surface area contributed by atoms with Gasteiger partial charge in [-0.05, 0) is 25.8 Å². The Balaban J connectivity index is 2.20. The molecule has 0 aliphatic carbocycles. The van der Waals surface area contributed by atoms with Gasteiger partial charge in [0.2, 0.25) is 5.91 Å². The van der Waals surface area contributed by atoms with E-state index in [0.717, 1.165) is 23.5 Å². The molecule has 1 heterocycles. The first-order valence-corrected chi connectivity index (χ1v) is 8.88. The van der Waals surface area contributed by atoms with Gasteiger partial charge in [0, 0.05) is 23.9 Å². The number of methoxy groups -OCH3 is 2. The molecule has 0 spiro atoms. The molecular weight excluding hydrogens is 354 g/mol. The highest BCUT2D eigenvalue weighted by molar-refractivity contribution is 6.32. The second-order valence-corrected chi connectivity index (χ2v) is 7.04. The van der Waals surface area contributed by atoms with Crippen LogP contribution in [0.15, 0.2) is 12.1 Å². The van der Waals surface area contributed by atoms with Gasteiger partial charge in [-0.15, -0.1) is 0 Å². The summed E-state index contributed by atoms with van der Waals surface area (Å²) in [5, 5.41) is 7.82. The van der Waals surface area contributed by atoms with E-state index in [9.17, 15) is 4.79 Å². The average Bonchev–Trinajstić information content (AvgIpc) is 2.82. The van der Waals surface area contributed by atoms with Crippen molar-refractivity contribution in [3.63, 3.8) is 0 Å². The van der Waals surface area contributed by atoms with Crippen molar-refractivity contribution >= 4 is 23.2 Å². The van der Waals surface area contributed by atoms with Crippen LogP contribution in [0.5, 0.6) is 11.5 Å². The lowest BCUT2D eigenvalue weighted by Gasteiger charge is -2.13. The average molecular weight is 380 g/mol. The molecule has 1 aromatic heterocycles. The van der Waals surface area contributed by atoms with Crippen molar-refractivity contribution in [1.29, 1.82) is 0 Å². The smallest absolute Gasteiger partial charge is 0.229 e. The molecule has 142 valence electrons. The van der Waals surface area contributed by atoms with E-state index >= 15 is 0 Å². The van der Waals surface area contributed by atoms with Crippen LogP contribution in [0.25, 0.3) is 0 Å². The van der Waals surface area contributed by atoms with Gasteiger partial charge in [-0.1, -0.05) is 25.4 Å². The van der Waals surface area contributed by atoms with E-state index < -0.39 is 0 Å². The van der Waals surface area contributed by atoms with Gasteiger partial charge < -0.3 is 14.8 Å². The second-order valence-electron chi connectivity index (χ2n) is 6.64. The molecule has 0 bridgehead atoms. The number of carbonyl (C=O) groups is 1. The fraction of sp³-hybridized carbons (Fsp3) is 0.474. The van der Waals surface area contributed by atoms with Gasteiger partial charge in [-0.3, -0.25) is 9.48 Å². The van der Waals surface area contributed by atoms with Crippen molar-refractivity contribution in [3.8, 4) is 11.5 Å². The first-order chi connectivity index (χ1) is 12.3. The molecule has 0 unspecified atom stereocenters. The Kier molecular flexibility index (Phi) is 6.53. The molecular formula is C19H26ClN3O3. The number of anilines is 1. The van der Waals surface area contributed by atoms with E-state index in [4.69, 9.17) is 21.1 Å². The van der Waals surface area contributed by atoms with Crippen molar-refractivity contribution in [1.82, 2.24) is 9.78 Å². The molecule has 0 saturated carbocycles. The number of aromatic nitrogens is 2. The maximum atomic E-state index is 12.6. The van der Waals surface area contributed by atoms with Crippen molar-refractivity contribution in [2.45, 2.75) is 40.7 Å². The van der Waals surface area contributed by atoms with E-state index in [1.807, 2.05) is 18.5 Å². The SMILES string of the molecule is COc1cc(OC)c(NC(=O)Cc2c(C)nn(CC(C)C)c2C)cc1Cl. The standard InChI is InChI=1S/C19H26ClN3O3/c1-11(2)10-23-13(4)14(12(3)22-23)7-19(24)21-16-8-15(20)17(25-5)9-18(16)26-6/h8-9,11H,7,10H2,1-6H3,(H,21,24). The molecule has 1 amide bonds. The van der Waals surface area contributed by atoms with E-state index in [1.54, 1.807) is 12.1 Å². The lowest BCUT2D eigenvalue weighted by Crippen LogP contribution is -2.16. The molecule has 2 rings (SSSR count). The Labute approximate surface area is 159 Å². The topological polar surface area (TPSA) is 65.4 Å².